The molecule has 0 N–H and O–H groups in total. The largest absolute Gasteiger partial charge is 0.391 e. The second kappa shape index (κ2) is 4.51. The summed E-state index contributed by atoms with van der Waals surface area (Å²) >= 11 is 5.82. The van der Waals surface area contributed by atoms with Crippen molar-refractivity contribution in [3.05, 3.63) is 22.9 Å². The lowest BCUT2D eigenvalue weighted by Crippen LogP contribution is -2.35. The van der Waals surface area contributed by atoms with E-state index < -0.39 is 12.1 Å². The van der Waals surface area contributed by atoms with Crippen LogP contribution >= 0.6 is 11.6 Å². The highest BCUT2D eigenvalue weighted by atomic mass is 35.5. The number of aromatic nitrogens is 4. The average molecular weight is 303 g/mol. The van der Waals surface area contributed by atoms with Crippen LogP contribution < -0.4 is 0 Å². The minimum absolute atomic E-state index is 0.0112. The van der Waals surface area contributed by atoms with Gasteiger partial charge in [0.25, 0.3) is 0 Å². The van der Waals surface area contributed by atoms with E-state index in [0.29, 0.717) is 22.6 Å². The highest BCUT2D eigenvalue weighted by molar-refractivity contribution is 6.28. The van der Waals surface area contributed by atoms with Crippen LogP contribution in [0.1, 0.15) is 30.1 Å². The number of fused-ring (bicyclic) bond motifs is 1. The van der Waals surface area contributed by atoms with Crippen molar-refractivity contribution in [2.75, 3.05) is 0 Å². The van der Waals surface area contributed by atoms with Gasteiger partial charge in [0.05, 0.1) is 17.3 Å². The van der Waals surface area contributed by atoms with Crippen molar-refractivity contribution in [3.63, 3.8) is 0 Å². The fraction of sp³-hybridized carbons (Fsp3) is 0.500. The molecule has 0 bridgehead atoms. The van der Waals surface area contributed by atoms with Gasteiger partial charge in [-0.25, -0.2) is 15.0 Å². The zero-order valence-corrected chi connectivity index (χ0v) is 11.2. The minimum Gasteiger partial charge on any atom is -0.249 e. The number of aryl methyl sites for hydroxylation is 1. The quantitative estimate of drug-likeness (QED) is 0.757. The van der Waals surface area contributed by atoms with Gasteiger partial charge >= 0.3 is 6.18 Å². The Morgan fingerprint density at radius 2 is 1.90 bits per heavy atom. The van der Waals surface area contributed by atoms with Gasteiger partial charge in [-0.3, -0.25) is 0 Å². The third kappa shape index (κ3) is 2.30. The van der Waals surface area contributed by atoms with Crippen LogP contribution in [-0.2, 0) is 0 Å². The molecule has 0 atom stereocenters. The van der Waals surface area contributed by atoms with Crippen LogP contribution in [0.2, 0.25) is 5.28 Å². The maximum atomic E-state index is 12.5. The first kappa shape index (κ1) is 13.5. The van der Waals surface area contributed by atoms with Gasteiger partial charge in [0.1, 0.15) is 5.52 Å². The summed E-state index contributed by atoms with van der Waals surface area (Å²) in [6.07, 6.45) is -2.57. The maximum absolute atomic E-state index is 12.5. The van der Waals surface area contributed by atoms with E-state index in [2.05, 4.69) is 19.9 Å². The third-order valence-corrected chi connectivity index (χ3v) is 3.68. The Balaban J connectivity index is 1.97. The molecule has 0 spiro atoms. The molecule has 4 nitrogen and oxygen atoms in total. The summed E-state index contributed by atoms with van der Waals surface area (Å²) in [7, 11) is 0. The van der Waals surface area contributed by atoms with Gasteiger partial charge in [-0.05, 0) is 31.4 Å². The van der Waals surface area contributed by atoms with Gasteiger partial charge in [-0.2, -0.15) is 18.2 Å². The first-order valence-electron chi connectivity index (χ1n) is 6.08. The van der Waals surface area contributed by atoms with Crippen LogP contribution in [0.3, 0.4) is 0 Å². The van der Waals surface area contributed by atoms with E-state index in [1.54, 1.807) is 13.1 Å². The lowest BCUT2D eigenvalue weighted by atomic mass is 9.72. The Kier molecular flexibility index (Phi) is 3.04. The Bertz CT molecular complexity index is 662. The smallest absolute Gasteiger partial charge is 0.249 e. The van der Waals surface area contributed by atoms with E-state index >= 15 is 0 Å². The molecular weight excluding hydrogens is 293 g/mol. The summed E-state index contributed by atoms with van der Waals surface area (Å²) in [6.45, 7) is 1.76. The van der Waals surface area contributed by atoms with E-state index in [4.69, 9.17) is 11.6 Å². The summed E-state index contributed by atoms with van der Waals surface area (Å²) in [5.74, 6) is -1.56. The Morgan fingerprint density at radius 1 is 1.20 bits per heavy atom. The molecule has 2 aromatic rings. The van der Waals surface area contributed by atoms with Crippen LogP contribution in [-0.4, -0.2) is 26.1 Å². The number of nitrogens with zero attached hydrogens (tertiary/aromatic N) is 4. The van der Waals surface area contributed by atoms with Crippen LogP contribution in [0.4, 0.5) is 13.2 Å². The van der Waals surface area contributed by atoms with Gasteiger partial charge in [0.2, 0.25) is 5.28 Å². The number of alkyl halides is 3. The zero-order valence-electron chi connectivity index (χ0n) is 10.4. The summed E-state index contributed by atoms with van der Waals surface area (Å²) in [6, 6.07) is 0. The monoisotopic (exact) mass is 302 g/mol. The van der Waals surface area contributed by atoms with Gasteiger partial charge in [0.15, 0.2) is 5.65 Å². The van der Waals surface area contributed by atoms with Crippen molar-refractivity contribution in [1.29, 1.82) is 0 Å². The molecule has 0 unspecified atom stereocenters. The molecule has 1 saturated carbocycles. The van der Waals surface area contributed by atoms with Gasteiger partial charge in [0, 0.05) is 12.1 Å². The maximum Gasteiger partial charge on any atom is 0.391 e. The molecule has 1 aliphatic carbocycles. The molecule has 0 amide bonds. The average Bonchev–Trinajstić information content (AvgIpc) is 2.23. The summed E-state index contributed by atoms with van der Waals surface area (Å²) in [5, 5.41) is -0.0112. The van der Waals surface area contributed by atoms with Crippen molar-refractivity contribution in [1.82, 2.24) is 19.9 Å². The topological polar surface area (TPSA) is 51.6 Å². The predicted octanol–water partition coefficient (Wildman–Crippen LogP) is 3.44. The lowest BCUT2D eigenvalue weighted by Gasteiger charge is -2.36. The lowest BCUT2D eigenvalue weighted by molar-refractivity contribution is -0.197. The van der Waals surface area contributed by atoms with Crippen molar-refractivity contribution >= 4 is 22.8 Å². The Hall–Kier alpha value is -1.50. The summed E-state index contributed by atoms with van der Waals surface area (Å²) in [4.78, 5) is 16.4. The van der Waals surface area contributed by atoms with Crippen LogP contribution in [0.5, 0.6) is 0 Å². The molecule has 0 aliphatic heterocycles. The third-order valence-electron chi connectivity index (χ3n) is 3.52. The van der Waals surface area contributed by atoms with E-state index in [0.717, 1.165) is 0 Å². The molecule has 8 heteroatoms. The van der Waals surface area contributed by atoms with Crippen LogP contribution in [0.25, 0.3) is 11.2 Å². The molecule has 20 heavy (non-hydrogen) atoms. The fourth-order valence-corrected chi connectivity index (χ4v) is 2.55. The number of hydrogen-bond donors (Lipinski definition) is 0. The Labute approximate surface area is 117 Å². The van der Waals surface area contributed by atoms with Gasteiger partial charge in [-0.15, -0.1) is 0 Å². The number of hydrogen-bond acceptors (Lipinski definition) is 4. The molecular formula is C12H10ClF3N4. The molecule has 106 valence electrons. The standard InChI is InChI=1S/C12H10ClF3N4/c1-5-4-17-9-8(19-11(13)20-10(9)18-5)6-2-7(3-6)12(14,15)16/h4,6-7H,2-3H2,1H3. The zero-order chi connectivity index (χ0) is 14.5. The minimum atomic E-state index is -4.15. The van der Waals surface area contributed by atoms with Crippen molar-refractivity contribution in [2.24, 2.45) is 5.92 Å². The second-order valence-corrected chi connectivity index (χ2v) is 5.31. The van der Waals surface area contributed by atoms with Crippen LogP contribution in [0, 0.1) is 12.8 Å². The number of rotatable bonds is 1. The molecule has 2 heterocycles. The van der Waals surface area contributed by atoms with E-state index in [1.807, 2.05) is 0 Å². The highest BCUT2D eigenvalue weighted by Gasteiger charge is 2.49. The molecule has 0 radical (unpaired) electrons. The normalized spacial score (nSPS) is 22.9. The van der Waals surface area contributed by atoms with Crippen molar-refractivity contribution < 1.29 is 13.2 Å². The molecule has 2 aromatic heterocycles. The summed E-state index contributed by atoms with van der Waals surface area (Å²) < 4.78 is 37.6. The van der Waals surface area contributed by atoms with E-state index in [9.17, 15) is 13.2 Å². The van der Waals surface area contributed by atoms with Gasteiger partial charge < -0.3 is 0 Å². The van der Waals surface area contributed by atoms with Gasteiger partial charge in [-0.1, -0.05) is 0 Å². The number of halogens is 4. The van der Waals surface area contributed by atoms with Crippen molar-refractivity contribution in [2.45, 2.75) is 31.9 Å². The molecule has 1 fully saturated rings. The van der Waals surface area contributed by atoms with Crippen LogP contribution in [0.15, 0.2) is 6.20 Å². The molecule has 0 saturated heterocycles. The first-order valence-corrected chi connectivity index (χ1v) is 6.46. The van der Waals surface area contributed by atoms with E-state index in [-0.39, 0.29) is 24.0 Å². The SMILES string of the molecule is Cc1cnc2c(C3CC(C(F)(F)F)C3)nc(Cl)nc2n1. The van der Waals surface area contributed by atoms with E-state index in [1.165, 1.54) is 0 Å². The second-order valence-electron chi connectivity index (χ2n) is 4.97. The molecule has 1 aliphatic rings. The highest BCUT2D eigenvalue weighted by Crippen LogP contribution is 2.49. The molecule has 3 rings (SSSR count). The fourth-order valence-electron chi connectivity index (χ4n) is 2.38. The predicted molar refractivity (Wildman–Crippen MR) is 66.4 cm³/mol. The van der Waals surface area contributed by atoms with Crippen molar-refractivity contribution in [3.8, 4) is 0 Å². The first-order chi connectivity index (χ1) is 9.34. The Morgan fingerprint density at radius 3 is 2.55 bits per heavy atom. The summed E-state index contributed by atoms with van der Waals surface area (Å²) in [5.41, 5.74) is 1.90. The molecule has 0 aromatic carbocycles.